The van der Waals surface area contributed by atoms with Crippen LogP contribution < -0.4 is 10.0 Å². The van der Waals surface area contributed by atoms with E-state index in [2.05, 4.69) is 25.3 Å². The Labute approximate surface area is 236 Å². The summed E-state index contributed by atoms with van der Waals surface area (Å²) >= 11 is 1.10. The van der Waals surface area contributed by atoms with Crippen LogP contribution in [0, 0.1) is 30.2 Å². The molecular weight excluding hydrogens is 580 g/mol. The van der Waals surface area contributed by atoms with E-state index in [1.807, 2.05) is 11.6 Å². The van der Waals surface area contributed by atoms with E-state index in [1.54, 1.807) is 6.07 Å². The smallest absolute Gasteiger partial charge is 0.267 e. The number of nitrogens with zero attached hydrogens (tertiary/aromatic N) is 4. The molecule has 5 rings (SSSR count). The Morgan fingerprint density at radius 3 is 2.44 bits per heavy atom. The number of thiazole rings is 1. The van der Waals surface area contributed by atoms with Crippen LogP contribution in [0.3, 0.4) is 0 Å². The van der Waals surface area contributed by atoms with Gasteiger partial charge < -0.3 is 5.32 Å². The molecule has 41 heavy (non-hydrogen) atoms. The summed E-state index contributed by atoms with van der Waals surface area (Å²) in [6.45, 7) is 3.69. The molecule has 3 aromatic heterocycles. The van der Waals surface area contributed by atoms with E-state index in [0.29, 0.717) is 33.8 Å². The van der Waals surface area contributed by atoms with Gasteiger partial charge in [-0.1, -0.05) is 12.1 Å². The van der Waals surface area contributed by atoms with Gasteiger partial charge in [-0.15, -0.1) is 11.3 Å². The summed E-state index contributed by atoms with van der Waals surface area (Å²) in [5.41, 5.74) is -0.00274. The first-order chi connectivity index (χ1) is 19.6. The Hall–Kier alpha value is -4.43. The molecule has 210 valence electrons. The van der Waals surface area contributed by atoms with Crippen LogP contribution in [-0.4, -0.2) is 34.9 Å². The first kappa shape index (κ1) is 28.1. The molecule has 0 aliphatic rings. The lowest BCUT2D eigenvalue weighted by molar-refractivity contribution is 0.516. The summed E-state index contributed by atoms with van der Waals surface area (Å²) in [6.07, 6.45) is 2.52. The molecule has 3 heterocycles. The molecule has 5 aromatic rings. The minimum Gasteiger partial charge on any atom is -0.354 e. The van der Waals surface area contributed by atoms with Gasteiger partial charge in [0.05, 0.1) is 33.8 Å². The minimum absolute atomic E-state index is 0.0868. The second-order valence-electron chi connectivity index (χ2n) is 8.63. The number of nitrogens with one attached hydrogen (secondary N) is 2. The zero-order valence-electron chi connectivity index (χ0n) is 21.4. The zero-order valence-corrected chi connectivity index (χ0v) is 23.0. The van der Waals surface area contributed by atoms with Crippen molar-refractivity contribution in [1.82, 2.24) is 19.9 Å². The van der Waals surface area contributed by atoms with E-state index >= 15 is 4.39 Å². The van der Waals surface area contributed by atoms with Crippen molar-refractivity contribution >= 4 is 33.0 Å². The van der Waals surface area contributed by atoms with E-state index in [1.165, 1.54) is 37.4 Å². The standard InChI is InChI=1S/C27H20F4N6O2S2/c1-3-32-27-33-12-11-19(35-27)24-23(36-26(40-24)20-10-8-15(28)13-34-20)16-5-4-6-18(22(16)31)37-41(38,39)25-17(29)9-7-14(2)21(25)30/h4-13,37H,3H2,1-2H3,(H,32,33,35). The number of aromatic nitrogens is 4. The van der Waals surface area contributed by atoms with Gasteiger partial charge in [0.25, 0.3) is 10.0 Å². The monoisotopic (exact) mass is 600 g/mol. The lowest BCUT2D eigenvalue weighted by atomic mass is 10.1. The molecule has 0 radical (unpaired) electrons. The molecule has 0 bridgehead atoms. The van der Waals surface area contributed by atoms with Gasteiger partial charge in [0, 0.05) is 18.3 Å². The molecule has 0 amide bonds. The number of pyridine rings is 1. The number of anilines is 2. The third-order valence-corrected chi connectivity index (χ3v) is 8.31. The van der Waals surface area contributed by atoms with Gasteiger partial charge in [-0.05, 0) is 55.8 Å². The Kier molecular flexibility index (Phi) is 7.69. The molecule has 0 unspecified atom stereocenters. The Morgan fingerprint density at radius 2 is 1.71 bits per heavy atom. The molecule has 0 fully saturated rings. The highest BCUT2D eigenvalue weighted by Crippen LogP contribution is 2.41. The van der Waals surface area contributed by atoms with E-state index in [9.17, 15) is 21.6 Å². The van der Waals surface area contributed by atoms with Crippen LogP contribution in [0.15, 0.2) is 65.8 Å². The van der Waals surface area contributed by atoms with Gasteiger partial charge in [-0.3, -0.25) is 9.71 Å². The molecular formula is C27H20F4N6O2S2. The number of hydrogen-bond donors (Lipinski definition) is 2. The summed E-state index contributed by atoms with van der Waals surface area (Å²) in [5, 5.41) is 3.31. The second kappa shape index (κ2) is 11.2. The van der Waals surface area contributed by atoms with Crippen molar-refractivity contribution in [3.63, 3.8) is 0 Å². The van der Waals surface area contributed by atoms with Crippen LogP contribution in [0.5, 0.6) is 0 Å². The molecule has 0 saturated carbocycles. The fourth-order valence-electron chi connectivity index (χ4n) is 3.88. The lowest BCUT2D eigenvalue weighted by Gasteiger charge is -2.13. The largest absolute Gasteiger partial charge is 0.354 e. The number of halogens is 4. The molecule has 2 N–H and O–H groups in total. The third kappa shape index (κ3) is 5.60. The quantitative estimate of drug-likeness (QED) is 0.198. The minimum atomic E-state index is -4.87. The predicted molar refractivity (Wildman–Crippen MR) is 148 cm³/mol. The van der Waals surface area contributed by atoms with Gasteiger partial charge >= 0.3 is 0 Å². The van der Waals surface area contributed by atoms with Gasteiger partial charge in [0.2, 0.25) is 5.95 Å². The van der Waals surface area contributed by atoms with Crippen molar-refractivity contribution in [2.45, 2.75) is 18.7 Å². The number of hydrogen-bond acceptors (Lipinski definition) is 8. The summed E-state index contributed by atoms with van der Waals surface area (Å²) in [6, 6.07) is 9.97. The van der Waals surface area contributed by atoms with Gasteiger partial charge in [0.1, 0.15) is 22.5 Å². The molecule has 0 aliphatic carbocycles. The Balaban J connectivity index is 1.64. The first-order valence-corrected chi connectivity index (χ1v) is 14.4. The van der Waals surface area contributed by atoms with E-state index in [-0.39, 0.29) is 16.8 Å². The Morgan fingerprint density at radius 1 is 0.902 bits per heavy atom. The lowest BCUT2D eigenvalue weighted by Crippen LogP contribution is -2.18. The van der Waals surface area contributed by atoms with Gasteiger partial charge in [-0.25, -0.2) is 40.9 Å². The SMILES string of the molecule is CCNc1nccc(-c2sc(-c3ccc(F)cn3)nc2-c2cccc(NS(=O)(=O)c3c(F)ccc(C)c3F)c2F)n1. The molecule has 0 atom stereocenters. The number of sulfonamides is 1. The summed E-state index contributed by atoms with van der Waals surface area (Å²) in [7, 11) is -4.87. The Bertz CT molecular complexity index is 1860. The average molecular weight is 601 g/mol. The molecule has 8 nitrogen and oxygen atoms in total. The highest BCUT2D eigenvalue weighted by Gasteiger charge is 2.28. The fourth-order valence-corrected chi connectivity index (χ4v) is 6.18. The van der Waals surface area contributed by atoms with E-state index in [0.717, 1.165) is 35.7 Å². The zero-order chi connectivity index (χ0) is 29.3. The van der Waals surface area contributed by atoms with Crippen molar-refractivity contribution in [3.8, 4) is 32.5 Å². The van der Waals surface area contributed by atoms with Crippen LogP contribution in [0.2, 0.25) is 0 Å². The maximum absolute atomic E-state index is 16.0. The van der Waals surface area contributed by atoms with Crippen LogP contribution in [0.1, 0.15) is 12.5 Å². The first-order valence-electron chi connectivity index (χ1n) is 12.1. The third-order valence-electron chi connectivity index (χ3n) is 5.81. The topological polar surface area (TPSA) is 110 Å². The number of aryl methyl sites for hydroxylation is 1. The van der Waals surface area contributed by atoms with E-state index in [4.69, 9.17) is 0 Å². The average Bonchev–Trinajstić information content (AvgIpc) is 3.38. The molecule has 0 spiro atoms. The summed E-state index contributed by atoms with van der Waals surface area (Å²) < 4.78 is 86.4. The van der Waals surface area contributed by atoms with Crippen molar-refractivity contribution in [2.75, 3.05) is 16.6 Å². The van der Waals surface area contributed by atoms with Crippen LogP contribution in [0.4, 0.5) is 29.2 Å². The number of rotatable bonds is 8. The van der Waals surface area contributed by atoms with Gasteiger partial charge in [-0.2, -0.15) is 0 Å². The van der Waals surface area contributed by atoms with Crippen LogP contribution in [0.25, 0.3) is 32.5 Å². The maximum atomic E-state index is 16.0. The van der Waals surface area contributed by atoms with Crippen molar-refractivity contribution in [1.29, 1.82) is 0 Å². The number of benzene rings is 2. The van der Waals surface area contributed by atoms with Gasteiger partial charge in [0.15, 0.2) is 10.7 Å². The molecule has 0 saturated heterocycles. The summed E-state index contributed by atoms with van der Waals surface area (Å²) in [4.78, 5) is 16.4. The maximum Gasteiger partial charge on any atom is 0.267 e. The van der Waals surface area contributed by atoms with Crippen LogP contribution in [-0.2, 0) is 10.0 Å². The van der Waals surface area contributed by atoms with Crippen LogP contribution >= 0.6 is 11.3 Å². The molecule has 0 aliphatic heterocycles. The normalized spacial score (nSPS) is 11.5. The highest BCUT2D eigenvalue weighted by molar-refractivity contribution is 7.92. The molecule has 14 heteroatoms. The second-order valence-corrected chi connectivity index (χ2v) is 11.3. The van der Waals surface area contributed by atoms with Crippen molar-refractivity contribution in [3.05, 3.63) is 89.8 Å². The highest BCUT2D eigenvalue weighted by atomic mass is 32.2. The molecule has 2 aromatic carbocycles. The van der Waals surface area contributed by atoms with Crippen molar-refractivity contribution in [2.24, 2.45) is 0 Å². The van der Waals surface area contributed by atoms with Crippen molar-refractivity contribution < 1.29 is 26.0 Å². The summed E-state index contributed by atoms with van der Waals surface area (Å²) in [5.74, 6) is -3.89. The van der Waals surface area contributed by atoms with E-state index < -0.39 is 43.9 Å². The predicted octanol–water partition coefficient (Wildman–Crippen LogP) is 6.43. The fraction of sp³-hybridized carbons (Fsp3) is 0.111.